The van der Waals surface area contributed by atoms with Gasteiger partial charge in [0, 0.05) is 6.42 Å². The fraction of sp³-hybridized carbons (Fsp3) is 0.440. The van der Waals surface area contributed by atoms with Crippen LogP contribution >= 0.6 is 0 Å². The first-order valence-corrected chi connectivity index (χ1v) is 12.6. The van der Waals surface area contributed by atoms with Gasteiger partial charge in [-0.3, -0.25) is 0 Å². The van der Waals surface area contributed by atoms with E-state index in [0.717, 1.165) is 6.42 Å². The van der Waals surface area contributed by atoms with Crippen molar-refractivity contribution in [2.45, 2.75) is 70.5 Å². The number of benzene rings is 2. The van der Waals surface area contributed by atoms with Crippen molar-refractivity contribution < 1.29 is 14.3 Å². The molecule has 0 aliphatic carbocycles. The standard InChI is InChI=1S/C25H34O3Si/c1-5-23-22(26)18-12-13-19-24(27-23)28-29(25(2,3)4,20-14-8-6-9-15-20)21-16-10-7-11-17-21/h6-17,22-24,26H,5,18-19H2,1-4H3/b13-12-/t22-,23-,24+/m1/s1. The zero-order chi connectivity index (χ0) is 20.9. The van der Waals surface area contributed by atoms with Gasteiger partial charge in [-0.15, -0.1) is 0 Å². The highest BCUT2D eigenvalue weighted by molar-refractivity contribution is 6.99. The number of aliphatic hydroxyl groups is 1. The summed E-state index contributed by atoms with van der Waals surface area (Å²) in [5.74, 6) is 0. The van der Waals surface area contributed by atoms with Gasteiger partial charge in [0.15, 0.2) is 6.29 Å². The maximum absolute atomic E-state index is 10.5. The van der Waals surface area contributed by atoms with Crippen molar-refractivity contribution in [2.24, 2.45) is 0 Å². The molecule has 0 radical (unpaired) electrons. The first kappa shape index (κ1) is 22.0. The van der Waals surface area contributed by atoms with Crippen molar-refractivity contribution in [1.82, 2.24) is 0 Å². The fourth-order valence-corrected chi connectivity index (χ4v) is 8.83. The normalized spacial score (nSPS) is 24.5. The molecule has 1 heterocycles. The average Bonchev–Trinajstić information content (AvgIpc) is 2.71. The second-order valence-electron chi connectivity index (χ2n) is 8.80. The molecule has 3 rings (SSSR count). The third kappa shape index (κ3) is 4.72. The smallest absolute Gasteiger partial charge is 0.264 e. The molecule has 2 aromatic carbocycles. The molecule has 0 aromatic heterocycles. The molecule has 29 heavy (non-hydrogen) atoms. The first-order valence-electron chi connectivity index (χ1n) is 10.7. The molecular weight excluding hydrogens is 376 g/mol. The van der Waals surface area contributed by atoms with Crippen LogP contribution in [0.15, 0.2) is 72.8 Å². The van der Waals surface area contributed by atoms with E-state index in [9.17, 15) is 5.11 Å². The predicted molar refractivity (Wildman–Crippen MR) is 122 cm³/mol. The molecule has 0 spiro atoms. The van der Waals surface area contributed by atoms with E-state index in [1.165, 1.54) is 10.4 Å². The van der Waals surface area contributed by atoms with Crippen LogP contribution in [0.4, 0.5) is 0 Å². The summed E-state index contributed by atoms with van der Waals surface area (Å²) in [6, 6.07) is 21.2. The third-order valence-electron chi connectivity index (χ3n) is 5.76. The van der Waals surface area contributed by atoms with E-state index in [0.29, 0.717) is 12.8 Å². The van der Waals surface area contributed by atoms with E-state index in [1.54, 1.807) is 0 Å². The maximum atomic E-state index is 10.5. The molecule has 156 valence electrons. The summed E-state index contributed by atoms with van der Waals surface area (Å²) in [6.45, 7) is 8.86. The SMILES string of the molecule is CC[C@H]1O[C@@H](O[Si](c2ccccc2)(c2ccccc2)C(C)(C)C)C/C=C\C[C@H]1O. The molecule has 0 bridgehead atoms. The van der Waals surface area contributed by atoms with E-state index < -0.39 is 20.7 Å². The lowest BCUT2D eigenvalue weighted by atomic mass is 10.1. The Balaban J connectivity index is 2.10. The molecule has 2 aromatic rings. The summed E-state index contributed by atoms with van der Waals surface area (Å²) in [7, 11) is -2.68. The van der Waals surface area contributed by atoms with E-state index in [1.807, 2.05) is 0 Å². The van der Waals surface area contributed by atoms with Crippen molar-refractivity contribution in [3.8, 4) is 0 Å². The van der Waals surface area contributed by atoms with Crippen LogP contribution in [-0.2, 0) is 9.16 Å². The second kappa shape index (κ2) is 9.39. The minimum absolute atomic E-state index is 0.106. The lowest BCUT2D eigenvalue weighted by molar-refractivity contribution is -0.155. The van der Waals surface area contributed by atoms with E-state index >= 15 is 0 Å². The van der Waals surface area contributed by atoms with Crippen LogP contribution < -0.4 is 10.4 Å². The third-order valence-corrected chi connectivity index (χ3v) is 10.8. The Kier molecular flexibility index (Phi) is 7.12. The quantitative estimate of drug-likeness (QED) is 0.587. The monoisotopic (exact) mass is 410 g/mol. The number of rotatable bonds is 5. The molecule has 1 aliphatic rings. The molecule has 3 atom stereocenters. The summed E-state index contributed by atoms with van der Waals surface area (Å²) in [5.41, 5.74) is 0. The zero-order valence-corrected chi connectivity index (χ0v) is 19.0. The maximum Gasteiger partial charge on any atom is 0.264 e. The largest absolute Gasteiger partial charge is 0.390 e. The second-order valence-corrected chi connectivity index (χ2v) is 13.1. The van der Waals surface area contributed by atoms with E-state index in [4.69, 9.17) is 9.16 Å². The summed E-state index contributed by atoms with van der Waals surface area (Å²) < 4.78 is 13.4. The number of hydrogen-bond donors (Lipinski definition) is 1. The van der Waals surface area contributed by atoms with Crippen LogP contribution in [0.1, 0.15) is 47.0 Å². The first-order chi connectivity index (χ1) is 13.9. The van der Waals surface area contributed by atoms with Crippen LogP contribution in [0.3, 0.4) is 0 Å². The Morgan fingerprint density at radius 2 is 1.45 bits per heavy atom. The number of ether oxygens (including phenoxy) is 1. The van der Waals surface area contributed by atoms with Gasteiger partial charge in [0.25, 0.3) is 8.32 Å². The Morgan fingerprint density at radius 1 is 0.931 bits per heavy atom. The van der Waals surface area contributed by atoms with Gasteiger partial charge in [-0.25, -0.2) is 0 Å². The van der Waals surface area contributed by atoms with Gasteiger partial charge in [0.05, 0.1) is 12.2 Å². The fourth-order valence-electron chi connectivity index (χ4n) is 4.27. The predicted octanol–water partition coefficient (Wildman–Crippen LogP) is 4.40. The van der Waals surface area contributed by atoms with E-state index in [2.05, 4.69) is 101 Å². The molecule has 1 N–H and O–H groups in total. The van der Waals surface area contributed by atoms with Crippen LogP contribution in [0.25, 0.3) is 0 Å². The highest BCUT2D eigenvalue weighted by Crippen LogP contribution is 2.38. The highest BCUT2D eigenvalue weighted by atomic mass is 28.4. The van der Waals surface area contributed by atoms with Crippen molar-refractivity contribution in [3.05, 3.63) is 72.8 Å². The van der Waals surface area contributed by atoms with Crippen LogP contribution in [0.2, 0.25) is 5.04 Å². The van der Waals surface area contributed by atoms with Crippen molar-refractivity contribution in [3.63, 3.8) is 0 Å². The molecule has 1 aliphatic heterocycles. The van der Waals surface area contributed by atoms with Gasteiger partial charge >= 0.3 is 0 Å². The number of hydrogen-bond acceptors (Lipinski definition) is 3. The Hall–Kier alpha value is -1.72. The number of aliphatic hydroxyl groups excluding tert-OH is 1. The Bertz CT molecular complexity index is 743. The van der Waals surface area contributed by atoms with Crippen molar-refractivity contribution in [2.75, 3.05) is 0 Å². The van der Waals surface area contributed by atoms with Gasteiger partial charge in [-0.1, -0.05) is 101 Å². The van der Waals surface area contributed by atoms with Crippen molar-refractivity contribution >= 4 is 18.7 Å². The van der Waals surface area contributed by atoms with Gasteiger partial charge < -0.3 is 14.3 Å². The summed E-state index contributed by atoms with van der Waals surface area (Å²) >= 11 is 0. The highest BCUT2D eigenvalue weighted by Gasteiger charge is 2.51. The average molecular weight is 411 g/mol. The van der Waals surface area contributed by atoms with E-state index in [-0.39, 0.29) is 11.1 Å². The van der Waals surface area contributed by atoms with Gasteiger partial charge in [0.1, 0.15) is 0 Å². The molecule has 4 heteroatoms. The summed E-state index contributed by atoms with van der Waals surface area (Å²) in [4.78, 5) is 0. The molecule has 3 nitrogen and oxygen atoms in total. The lowest BCUT2D eigenvalue weighted by Crippen LogP contribution is -2.68. The van der Waals surface area contributed by atoms with Crippen molar-refractivity contribution in [1.29, 1.82) is 0 Å². The van der Waals surface area contributed by atoms with Crippen LogP contribution in [-0.4, -0.2) is 31.9 Å². The van der Waals surface area contributed by atoms with Gasteiger partial charge in [-0.05, 0) is 28.3 Å². The molecule has 0 fully saturated rings. The van der Waals surface area contributed by atoms with Crippen LogP contribution in [0, 0.1) is 0 Å². The minimum Gasteiger partial charge on any atom is -0.390 e. The van der Waals surface area contributed by atoms with Gasteiger partial charge in [0.2, 0.25) is 0 Å². The molecular formula is C25H34O3Si. The van der Waals surface area contributed by atoms with Gasteiger partial charge in [-0.2, -0.15) is 0 Å². The molecule has 0 saturated carbocycles. The van der Waals surface area contributed by atoms with Crippen LogP contribution in [0.5, 0.6) is 0 Å². The Labute approximate surface area is 176 Å². The zero-order valence-electron chi connectivity index (χ0n) is 18.0. The summed E-state index contributed by atoms with van der Waals surface area (Å²) in [5, 5.41) is 12.8. The minimum atomic E-state index is -2.68. The molecule has 0 amide bonds. The lowest BCUT2D eigenvalue weighted by Gasteiger charge is -2.45. The molecule has 0 unspecified atom stereocenters. The Morgan fingerprint density at radius 3 is 1.93 bits per heavy atom. The topological polar surface area (TPSA) is 38.7 Å². The summed E-state index contributed by atoms with van der Waals surface area (Å²) in [6.07, 6.45) is 5.10. The molecule has 0 saturated heterocycles.